The molecule has 2 N–H and O–H groups in total. The van der Waals surface area contributed by atoms with Crippen molar-refractivity contribution in [2.75, 3.05) is 0 Å². The van der Waals surface area contributed by atoms with Gasteiger partial charge in [0.2, 0.25) is 0 Å². The van der Waals surface area contributed by atoms with E-state index in [-0.39, 0.29) is 6.04 Å². The third-order valence-corrected chi connectivity index (χ3v) is 2.89. The van der Waals surface area contributed by atoms with E-state index in [0.29, 0.717) is 0 Å². The largest absolute Gasteiger partial charge is 0.328 e. The molecule has 17 heavy (non-hydrogen) atoms. The number of rotatable bonds is 3. The number of benzene rings is 2. The van der Waals surface area contributed by atoms with Crippen molar-refractivity contribution in [2.45, 2.75) is 26.3 Å². The number of hydrogen-bond donors (Lipinski definition) is 1. The van der Waals surface area contributed by atoms with E-state index < -0.39 is 0 Å². The van der Waals surface area contributed by atoms with Crippen molar-refractivity contribution in [3.8, 4) is 11.1 Å². The van der Waals surface area contributed by atoms with Crippen LogP contribution in [0.25, 0.3) is 11.1 Å². The van der Waals surface area contributed by atoms with Crippen molar-refractivity contribution in [1.29, 1.82) is 0 Å². The van der Waals surface area contributed by atoms with Crippen molar-refractivity contribution >= 4 is 0 Å². The normalized spacial score (nSPS) is 12.4. The predicted octanol–water partition coefficient (Wildman–Crippen LogP) is 3.55. The summed E-state index contributed by atoms with van der Waals surface area (Å²) in [5.41, 5.74) is 11.1. The highest BCUT2D eigenvalue weighted by molar-refractivity contribution is 5.68. The Hall–Kier alpha value is -1.60. The molecule has 0 saturated heterocycles. The van der Waals surface area contributed by atoms with Gasteiger partial charge in [-0.3, -0.25) is 0 Å². The summed E-state index contributed by atoms with van der Waals surface area (Å²) >= 11 is 0. The molecule has 0 spiro atoms. The molecule has 0 aromatic heterocycles. The molecule has 1 heteroatoms. The highest BCUT2D eigenvalue weighted by Crippen LogP contribution is 2.25. The van der Waals surface area contributed by atoms with Crippen LogP contribution in [0.4, 0.5) is 0 Å². The van der Waals surface area contributed by atoms with Crippen LogP contribution in [0.3, 0.4) is 0 Å². The molecule has 2 rings (SSSR count). The van der Waals surface area contributed by atoms with Gasteiger partial charge in [-0.2, -0.15) is 0 Å². The van der Waals surface area contributed by atoms with Gasteiger partial charge in [0.25, 0.3) is 0 Å². The lowest BCUT2D eigenvalue weighted by molar-refractivity contribution is 0.739. The van der Waals surface area contributed by atoms with E-state index in [4.69, 9.17) is 5.73 Å². The third kappa shape index (κ3) is 2.95. The minimum Gasteiger partial charge on any atom is -0.328 e. The van der Waals surface area contributed by atoms with E-state index in [1.807, 2.05) is 6.92 Å². The first-order valence-electron chi connectivity index (χ1n) is 6.07. The first-order valence-corrected chi connectivity index (χ1v) is 6.07. The van der Waals surface area contributed by atoms with E-state index in [9.17, 15) is 0 Å². The van der Waals surface area contributed by atoms with Gasteiger partial charge in [-0.15, -0.1) is 0 Å². The summed E-state index contributed by atoms with van der Waals surface area (Å²) in [4.78, 5) is 0. The Morgan fingerprint density at radius 3 is 2.53 bits per heavy atom. The highest BCUT2D eigenvalue weighted by Gasteiger charge is 2.06. The monoisotopic (exact) mass is 225 g/mol. The van der Waals surface area contributed by atoms with Gasteiger partial charge < -0.3 is 5.73 Å². The van der Waals surface area contributed by atoms with Crippen LogP contribution in [-0.4, -0.2) is 6.04 Å². The standard InChI is InChI=1S/C16H19N/c1-12-6-5-8-14(10-12)16-9-4-3-7-15(16)11-13(2)17/h3-10,13H,11,17H2,1-2H3. The van der Waals surface area contributed by atoms with Crippen molar-refractivity contribution in [2.24, 2.45) is 5.73 Å². The number of aryl methyl sites for hydroxylation is 1. The van der Waals surface area contributed by atoms with Crippen molar-refractivity contribution in [3.05, 3.63) is 59.7 Å². The Balaban J connectivity index is 2.44. The first-order chi connectivity index (χ1) is 8.16. The third-order valence-electron chi connectivity index (χ3n) is 2.89. The Kier molecular flexibility index (Phi) is 3.60. The number of nitrogens with two attached hydrogens (primary N) is 1. The van der Waals surface area contributed by atoms with Crippen LogP contribution in [-0.2, 0) is 6.42 Å². The molecule has 0 aliphatic heterocycles. The molecule has 2 aromatic rings. The van der Waals surface area contributed by atoms with Gasteiger partial charge in [0.05, 0.1) is 0 Å². The predicted molar refractivity (Wildman–Crippen MR) is 74.0 cm³/mol. The maximum Gasteiger partial charge on any atom is 0.00511 e. The molecule has 1 unspecified atom stereocenters. The second kappa shape index (κ2) is 5.15. The molecular formula is C16H19N. The Morgan fingerprint density at radius 1 is 1.06 bits per heavy atom. The summed E-state index contributed by atoms with van der Waals surface area (Å²) in [6, 6.07) is 17.3. The average molecular weight is 225 g/mol. The maximum atomic E-state index is 5.90. The second-order valence-corrected chi connectivity index (χ2v) is 4.71. The lowest BCUT2D eigenvalue weighted by Crippen LogP contribution is -2.18. The molecule has 0 amide bonds. The van der Waals surface area contributed by atoms with Crippen molar-refractivity contribution in [3.63, 3.8) is 0 Å². The second-order valence-electron chi connectivity index (χ2n) is 4.71. The van der Waals surface area contributed by atoms with Gasteiger partial charge in [-0.05, 0) is 37.0 Å². The first kappa shape index (κ1) is 11.9. The molecule has 0 bridgehead atoms. The van der Waals surface area contributed by atoms with Gasteiger partial charge in [0.15, 0.2) is 0 Å². The zero-order valence-electron chi connectivity index (χ0n) is 10.5. The molecule has 88 valence electrons. The lowest BCUT2D eigenvalue weighted by atomic mass is 9.95. The summed E-state index contributed by atoms with van der Waals surface area (Å²) in [5, 5.41) is 0. The van der Waals surface area contributed by atoms with Gasteiger partial charge in [-0.1, -0.05) is 54.1 Å². The van der Waals surface area contributed by atoms with E-state index >= 15 is 0 Å². The van der Waals surface area contributed by atoms with Crippen LogP contribution in [0.1, 0.15) is 18.1 Å². The maximum absolute atomic E-state index is 5.90. The number of hydrogen-bond acceptors (Lipinski definition) is 1. The van der Waals surface area contributed by atoms with Crippen molar-refractivity contribution < 1.29 is 0 Å². The quantitative estimate of drug-likeness (QED) is 0.849. The minimum absolute atomic E-state index is 0.195. The smallest absolute Gasteiger partial charge is 0.00511 e. The Morgan fingerprint density at radius 2 is 1.82 bits per heavy atom. The van der Waals surface area contributed by atoms with E-state index in [1.165, 1.54) is 22.3 Å². The van der Waals surface area contributed by atoms with Gasteiger partial charge in [-0.25, -0.2) is 0 Å². The molecule has 0 heterocycles. The molecule has 1 atom stereocenters. The van der Waals surface area contributed by atoms with Crippen LogP contribution >= 0.6 is 0 Å². The fraction of sp³-hybridized carbons (Fsp3) is 0.250. The molecule has 0 radical (unpaired) electrons. The summed E-state index contributed by atoms with van der Waals surface area (Å²) in [6.45, 7) is 4.17. The van der Waals surface area contributed by atoms with Gasteiger partial charge in [0.1, 0.15) is 0 Å². The molecule has 0 fully saturated rings. The van der Waals surface area contributed by atoms with Crippen LogP contribution in [0.15, 0.2) is 48.5 Å². The highest BCUT2D eigenvalue weighted by atomic mass is 14.6. The molecule has 0 aliphatic carbocycles. The van der Waals surface area contributed by atoms with Gasteiger partial charge in [0, 0.05) is 6.04 Å². The summed E-state index contributed by atoms with van der Waals surface area (Å²) in [6.07, 6.45) is 0.921. The van der Waals surface area contributed by atoms with Crippen molar-refractivity contribution in [1.82, 2.24) is 0 Å². The lowest BCUT2D eigenvalue weighted by Gasteiger charge is -2.12. The Labute approximate surface area is 103 Å². The molecule has 0 saturated carbocycles. The summed E-state index contributed by atoms with van der Waals surface area (Å²) in [5.74, 6) is 0. The van der Waals surface area contributed by atoms with E-state index in [1.54, 1.807) is 0 Å². The zero-order chi connectivity index (χ0) is 12.3. The Bertz CT molecular complexity index is 500. The van der Waals surface area contributed by atoms with E-state index in [0.717, 1.165) is 6.42 Å². The van der Waals surface area contributed by atoms with E-state index in [2.05, 4.69) is 55.5 Å². The summed E-state index contributed by atoms with van der Waals surface area (Å²) < 4.78 is 0. The van der Waals surface area contributed by atoms with Crippen LogP contribution in [0.5, 0.6) is 0 Å². The molecule has 2 aromatic carbocycles. The minimum atomic E-state index is 0.195. The fourth-order valence-electron chi connectivity index (χ4n) is 2.14. The molecular weight excluding hydrogens is 206 g/mol. The van der Waals surface area contributed by atoms with Gasteiger partial charge >= 0.3 is 0 Å². The molecule has 1 nitrogen and oxygen atoms in total. The topological polar surface area (TPSA) is 26.0 Å². The van der Waals surface area contributed by atoms with Crippen LogP contribution < -0.4 is 5.73 Å². The SMILES string of the molecule is Cc1cccc(-c2ccccc2CC(C)N)c1. The summed E-state index contributed by atoms with van der Waals surface area (Å²) in [7, 11) is 0. The molecule has 0 aliphatic rings. The zero-order valence-corrected chi connectivity index (χ0v) is 10.5. The van der Waals surface area contributed by atoms with Crippen LogP contribution in [0.2, 0.25) is 0 Å². The fourth-order valence-corrected chi connectivity index (χ4v) is 2.14. The van der Waals surface area contributed by atoms with Crippen LogP contribution in [0, 0.1) is 6.92 Å². The average Bonchev–Trinajstić information content (AvgIpc) is 2.29.